The fraction of sp³-hybridized carbons (Fsp3) is 0.136. The second kappa shape index (κ2) is 10.5. The van der Waals surface area contributed by atoms with E-state index in [2.05, 4.69) is 4.74 Å². The first-order chi connectivity index (χ1) is 13.5. The molecule has 0 spiro atoms. The molecule has 0 amide bonds. The minimum Gasteiger partial charge on any atom is -0.466 e. The van der Waals surface area contributed by atoms with Gasteiger partial charge in [0.25, 0.3) is 0 Å². The van der Waals surface area contributed by atoms with Crippen molar-refractivity contribution >= 4 is 27.9 Å². The lowest BCUT2D eigenvalue weighted by Gasteiger charge is -1.91. The van der Waals surface area contributed by atoms with Crippen LogP contribution in [0.5, 0.6) is 0 Å². The molecule has 6 nitrogen and oxygen atoms in total. The van der Waals surface area contributed by atoms with E-state index in [9.17, 15) is 14.4 Å². The molecule has 0 N–H and O–H groups in total. The minimum absolute atomic E-state index is 0.211. The van der Waals surface area contributed by atoms with Gasteiger partial charge in [0, 0.05) is 29.8 Å². The van der Waals surface area contributed by atoms with Gasteiger partial charge in [0.15, 0.2) is 0 Å². The van der Waals surface area contributed by atoms with Gasteiger partial charge in [0.05, 0.1) is 6.61 Å². The van der Waals surface area contributed by atoms with Crippen molar-refractivity contribution in [3.05, 3.63) is 93.6 Å². The largest absolute Gasteiger partial charge is 0.466 e. The topological polar surface area (TPSA) is 86.7 Å². The summed E-state index contributed by atoms with van der Waals surface area (Å²) in [7, 11) is 0. The highest BCUT2D eigenvalue weighted by molar-refractivity contribution is 5.76. The molecule has 2 heterocycles. The first-order valence-corrected chi connectivity index (χ1v) is 8.60. The zero-order valence-corrected chi connectivity index (χ0v) is 15.6. The number of hydrogen-bond acceptors (Lipinski definition) is 6. The SMILES string of the molecule is CCOC(C)=O.O=c1ccc2ccccc2o1.O=c1ccc2ccccc2o1. The van der Waals surface area contributed by atoms with Crippen LogP contribution in [0.2, 0.25) is 0 Å². The lowest BCUT2D eigenvalue weighted by molar-refractivity contribution is -0.140. The minimum atomic E-state index is -0.302. The van der Waals surface area contributed by atoms with Gasteiger partial charge in [-0.05, 0) is 31.2 Å². The fourth-order valence-corrected chi connectivity index (χ4v) is 2.23. The van der Waals surface area contributed by atoms with E-state index < -0.39 is 0 Å². The lowest BCUT2D eigenvalue weighted by Crippen LogP contribution is -1.95. The van der Waals surface area contributed by atoms with Gasteiger partial charge in [0.2, 0.25) is 0 Å². The van der Waals surface area contributed by atoms with Crippen molar-refractivity contribution in [1.82, 2.24) is 0 Å². The maximum absolute atomic E-state index is 10.7. The summed E-state index contributed by atoms with van der Waals surface area (Å²) in [5, 5.41) is 1.90. The summed E-state index contributed by atoms with van der Waals surface area (Å²) >= 11 is 0. The summed E-state index contributed by atoms with van der Waals surface area (Å²) in [6.45, 7) is 3.65. The van der Waals surface area contributed by atoms with Crippen molar-refractivity contribution in [2.45, 2.75) is 13.8 Å². The van der Waals surface area contributed by atoms with E-state index in [0.29, 0.717) is 17.8 Å². The molecule has 4 aromatic rings. The number of rotatable bonds is 1. The lowest BCUT2D eigenvalue weighted by atomic mass is 10.2. The van der Waals surface area contributed by atoms with E-state index in [-0.39, 0.29) is 17.2 Å². The van der Waals surface area contributed by atoms with E-state index in [4.69, 9.17) is 8.83 Å². The number of fused-ring (bicyclic) bond motifs is 2. The van der Waals surface area contributed by atoms with Crippen molar-refractivity contribution in [3.8, 4) is 0 Å². The van der Waals surface area contributed by atoms with E-state index in [1.807, 2.05) is 36.4 Å². The van der Waals surface area contributed by atoms with Gasteiger partial charge in [-0.15, -0.1) is 0 Å². The summed E-state index contributed by atoms with van der Waals surface area (Å²) in [5.41, 5.74) is 0.674. The molecule has 0 saturated heterocycles. The van der Waals surface area contributed by atoms with E-state index in [1.54, 1.807) is 31.2 Å². The fourth-order valence-electron chi connectivity index (χ4n) is 2.23. The van der Waals surface area contributed by atoms with Crippen molar-refractivity contribution in [1.29, 1.82) is 0 Å². The Labute approximate surface area is 161 Å². The third-order valence-electron chi connectivity index (χ3n) is 3.40. The highest BCUT2D eigenvalue weighted by Gasteiger charge is 1.93. The Morgan fingerprint density at radius 2 is 1.18 bits per heavy atom. The van der Waals surface area contributed by atoms with Crippen LogP contribution < -0.4 is 11.3 Å². The predicted molar refractivity (Wildman–Crippen MR) is 107 cm³/mol. The molecule has 0 aliphatic rings. The van der Waals surface area contributed by atoms with Gasteiger partial charge in [0.1, 0.15) is 11.2 Å². The molecule has 28 heavy (non-hydrogen) atoms. The molecule has 0 bridgehead atoms. The third-order valence-corrected chi connectivity index (χ3v) is 3.40. The van der Waals surface area contributed by atoms with Crippen molar-refractivity contribution in [3.63, 3.8) is 0 Å². The summed E-state index contributed by atoms with van der Waals surface area (Å²) in [6, 6.07) is 21.2. The summed E-state index contributed by atoms with van der Waals surface area (Å²) in [4.78, 5) is 31.3. The molecule has 0 fully saturated rings. The van der Waals surface area contributed by atoms with Gasteiger partial charge < -0.3 is 13.6 Å². The Bertz CT molecular complexity index is 1070. The van der Waals surface area contributed by atoms with E-state index in [1.165, 1.54) is 19.1 Å². The molecule has 0 atom stereocenters. The summed E-state index contributed by atoms with van der Waals surface area (Å²) in [5.74, 6) is -0.211. The summed E-state index contributed by atoms with van der Waals surface area (Å²) < 4.78 is 14.2. The van der Waals surface area contributed by atoms with Crippen molar-refractivity contribution in [2.24, 2.45) is 0 Å². The monoisotopic (exact) mass is 380 g/mol. The molecule has 144 valence electrons. The van der Waals surface area contributed by atoms with Crippen molar-refractivity contribution in [2.75, 3.05) is 6.61 Å². The highest BCUT2D eigenvalue weighted by Crippen LogP contribution is 2.09. The van der Waals surface area contributed by atoms with E-state index >= 15 is 0 Å². The smallest absolute Gasteiger partial charge is 0.336 e. The van der Waals surface area contributed by atoms with Crippen LogP contribution in [0, 0.1) is 0 Å². The van der Waals surface area contributed by atoms with Crippen LogP contribution in [0.3, 0.4) is 0 Å². The molecule has 0 aliphatic carbocycles. The van der Waals surface area contributed by atoms with Gasteiger partial charge >= 0.3 is 17.2 Å². The second-order valence-electron chi connectivity index (χ2n) is 5.51. The van der Waals surface area contributed by atoms with Crippen molar-refractivity contribution < 1.29 is 18.4 Å². The quantitative estimate of drug-likeness (QED) is 0.364. The molecule has 2 aromatic carbocycles. The molecule has 4 rings (SSSR count). The molecular formula is C22H20O6. The van der Waals surface area contributed by atoms with Gasteiger partial charge in [-0.25, -0.2) is 9.59 Å². The first-order valence-electron chi connectivity index (χ1n) is 8.60. The first kappa shape index (κ1) is 20.6. The zero-order chi connectivity index (χ0) is 20.4. The Balaban J connectivity index is 0.000000158. The Morgan fingerprint density at radius 3 is 1.54 bits per heavy atom. The maximum Gasteiger partial charge on any atom is 0.336 e. The van der Waals surface area contributed by atoms with Crippen LogP contribution in [0.25, 0.3) is 21.9 Å². The average Bonchev–Trinajstić information content (AvgIpc) is 2.68. The Kier molecular flexibility index (Phi) is 7.72. The van der Waals surface area contributed by atoms with Crippen LogP contribution in [0.4, 0.5) is 0 Å². The molecule has 0 aliphatic heterocycles. The number of carbonyl (C=O) groups is 1. The molecule has 0 unspecified atom stereocenters. The van der Waals surface area contributed by atoms with Crippen LogP contribution in [0.1, 0.15) is 13.8 Å². The second-order valence-corrected chi connectivity index (χ2v) is 5.51. The van der Waals surface area contributed by atoms with Crippen LogP contribution in [-0.4, -0.2) is 12.6 Å². The molecule has 0 saturated carbocycles. The molecule has 2 aromatic heterocycles. The van der Waals surface area contributed by atoms with Crippen LogP contribution in [-0.2, 0) is 9.53 Å². The number of hydrogen-bond donors (Lipinski definition) is 0. The molecular weight excluding hydrogens is 360 g/mol. The Hall–Kier alpha value is -3.67. The summed E-state index contributed by atoms with van der Waals surface area (Å²) in [6.07, 6.45) is 0. The normalized spacial score (nSPS) is 9.64. The average molecular weight is 380 g/mol. The maximum atomic E-state index is 10.7. The van der Waals surface area contributed by atoms with Crippen LogP contribution in [0.15, 0.2) is 91.2 Å². The standard InChI is InChI=1S/2C9H6O2.C4H8O2/c2*10-9-6-5-7-3-1-2-4-8(7)11-9;1-3-6-4(2)5/h2*1-6H;3H2,1-2H3. The number of para-hydroxylation sites is 2. The number of ether oxygens (including phenoxy) is 1. The van der Waals surface area contributed by atoms with Gasteiger partial charge in [-0.2, -0.15) is 0 Å². The van der Waals surface area contributed by atoms with Crippen LogP contribution >= 0.6 is 0 Å². The molecule has 0 radical (unpaired) electrons. The number of benzene rings is 2. The number of esters is 1. The van der Waals surface area contributed by atoms with E-state index in [0.717, 1.165) is 10.8 Å². The number of carbonyl (C=O) groups excluding carboxylic acids is 1. The predicted octanol–water partition coefficient (Wildman–Crippen LogP) is 4.16. The molecule has 6 heteroatoms. The van der Waals surface area contributed by atoms with Gasteiger partial charge in [-0.3, -0.25) is 4.79 Å². The Morgan fingerprint density at radius 1 is 0.750 bits per heavy atom. The van der Waals surface area contributed by atoms with Gasteiger partial charge in [-0.1, -0.05) is 36.4 Å². The zero-order valence-electron chi connectivity index (χ0n) is 15.6. The third kappa shape index (κ3) is 6.57. The highest BCUT2D eigenvalue weighted by atomic mass is 16.5.